The van der Waals surface area contributed by atoms with E-state index in [4.69, 9.17) is 4.74 Å². The van der Waals surface area contributed by atoms with E-state index in [0.29, 0.717) is 12.2 Å². The lowest BCUT2D eigenvalue weighted by Gasteiger charge is -2.22. The SMILES string of the molecule is CCCCCCN(CCCCCC)CCCCCCCCCOC(=O)c1ccc(O)cc1. The fraction of sp³-hybridized carbons (Fsp3) is 0.750. The largest absolute Gasteiger partial charge is 0.508 e. The van der Waals surface area contributed by atoms with Crippen LogP contribution in [0.15, 0.2) is 24.3 Å². The second-order valence-corrected chi connectivity index (χ2v) is 9.12. The summed E-state index contributed by atoms with van der Waals surface area (Å²) in [5.74, 6) is -0.146. The zero-order valence-corrected chi connectivity index (χ0v) is 21.0. The van der Waals surface area contributed by atoms with E-state index in [1.165, 1.54) is 115 Å². The molecule has 1 rings (SSSR count). The van der Waals surface area contributed by atoms with E-state index in [9.17, 15) is 9.90 Å². The highest BCUT2D eigenvalue weighted by atomic mass is 16.5. The normalized spacial score (nSPS) is 11.2. The van der Waals surface area contributed by atoms with Crippen LogP contribution in [0.5, 0.6) is 5.75 Å². The first-order chi connectivity index (χ1) is 15.7. The fourth-order valence-electron chi connectivity index (χ4n) is 4.03. The Labute approximate surface area is 197 Å². The zero-order chi connectivity index (χ0) is 23.3. The predicted octanol–water partition coefficient (Wildman–Crippen LogP) is 7.74. The molecule has 0 aliphatic carbocycles. The number of aromatic hydroxyl groups is 1. The molecule has 0 aliphatic rings. The van der Waals surface area contributed by atoms with Crippen LogP contribution in [0.2, 0.25) is 0 Å². The Kier molecular flexibility index (Phi) is 17.9. The Morgan fingerprint density at radius 2 is 1.12 bits per heavy atom. The predicted molar refractivity (Wildman–Crippen MR) is 135 cm³/mol. The maximum atomic E-state index is 11.9. The van der Waals surface area contributed by atoms with E-state index in [1.54, 1.807) is 12.1 Å². The van der Waals surface area contributed by atoms with Crippen molar-refractivity contribution in [3.05, 3.63) is 29.8 Å². The summed E-state index contributed by atoms with van der Waals surface area (Å²) in [5.41, 5.74) is 0.493. The van der Waals surface area contributed by atoms with Crippen LogP contribution < -0.4 is 0 Å². The molecule has 0 bridgehead atoms. The van der Waals surface area contributed by atoms with Gasteiger partial charge in [-0.1, -0.05) is 84.5 Å². The molecule has 32 heavy (non-hydrogen) atoms. The van der Waals surface area contributed by atoms with Gasteiger partial charge in [-0.2, -0.15) is 0 Å². The topological polar surface area (TPSA) is 49.8 Å². The number of benzene rings is 1. The molecular formula is C28H49NO3. The third-order valence-corrected chi connectivity index (χ3v) is 6.11. The lowest BCUT2D eigenvalue weighted by molar-refractivity contribution is 0.0497. The third-order valence-electron chi connectivity index (χ3n) is 6.11. The van der Waals surface area contributed by atoms with Crippen LogP contribution in [0.3, 0.4) is 0 Å². The van der Waals surface area contributed by atoms with Crippen LogP contribution in [0.25, 0.3) is 0 Å². The second kappa shape index (κ2) is 20.1. The number of ether oxygens (including phenoxy) is 1. The van der Waals surface area contributed by atoms with E-state index < -0.39 is 0 Å². The molecule has 1 aromatic rings. The average molecular weight is 448 g/mol. The maximum Gasteiger partial charge on any atom is 0.338 e. The molecule has 0 unspecified atom stereocenters. The molecule has 0 aliphatic heterocycles. The molecule has 184 valence electrons. The molecule has 0 fully saturated rings. The first-order valence-electron chi connectivity index (χ1n) is 13.4. The Morgan fingerprint density at radius 1 is 0.688 bits per heavy atom. The quantitative estimate of drug-likeness (QED) is 0.155. The smallest absolute Gasteiger partial charge is 0.338 e. The summed E-state index contributed by atoms with van der Waals surface area (Å²) in [7, 11) is 0. The molecule has 0 amide bonds. The van der Waals surface area contributed by atoms with Crippen molar-refractivity contribution in [2.45, 2.75) is 110 Å². The van der Waals surface area contributed by atoms with Gasteiger partial charge in [-0.05, 0) is 69.6 Å². The summed E-state index contributed by atoms with van der Waals surface area (Å²) in [6.45, 7) is 8.89. The summed E-state index contributed by atoms with van der Waals surface area (Å²) >= 11 is 0. The highest BCUT2D eigenvalue weighted by Crippen LogP contribution is 2.12. The maximum absolute atomic E-state index is 11.9. The number of hydrogen-bond donors (Lipinski definition) is 1. The fourth-order valence-corrected chi connectivity index (χ4v) is 4.03. The van der Waals surface area contributed by atoms with E-state index in [1.807, 2.05) is 0 Å². The molecule has 0 saturated heterocycles. The number of carbonyl (C=O) groups is 1. The van der Waals surface area contributed by atoms with Crippen LogP contribution in [0.4, 0.5) is 0 Å². The van der Waals surface area contributed by atoms with Crippen LogP contribution >= 0.6 is 0 Å². The summed E-state index contributed by atoms with van der Waals surface area (Å²) < 4.78 is 5.31. The number of phenols is 1. The van der Waals surface area contributed by atoms with E-state index in [0.717, 1.165) is 12.8 Å². The molecule has 1 aromatic carbocycles. The minimum atomic E-state index is -0.307. The molecule has 0 radical (unpaired) electrons. The minimum Gasteiger partial charge on any atom is -0.508 e. The first kappa shape index (κ1) is 28.5. The van der Waals surface area contributed by atoms with Crippen molar-refractivity contribution in [1.82, 2.24) is 4.90 Å². The van der Waals surface area contributed by atoms with Crippen LogP contribution in [-0.4, -0.2) is 42.2 Å². The molecular weight excluding hydrogens is 398 g/mol. The number of carbonyl (C=O) groups excluding carboxylic acids is 1. The second-order valence-electron chi connectivity index (χ2n) is 9.12. The average Bonchev–Trinajstić information content (AvgIpc) is 2.80. The van der Waals surface area contributed by atoms with E-state index >= 15 is 0 Å². The third kappa shape index (κ3) is 15.3. The highest BCUT2D eigenvalue weighted by Gasteiger charge is 2.07. The standard InChI is InChI=1S/C28H49NO3/c1-3-5-7-14-22-29(23-15-8-6-4-2)24-16-12-10-9-11-13-17-25-32-28(31)26-18-20-27(30)21-19-26/h18-21,30H,3-17,22-25H2,1-2H3. The van der Waals surface area contributed by atoms with Crippen LogP contribution in [0, 0.1) is 0 Å². The number of phenolic OH excluding ortho intramolecular Hbond substituents is 1. The van der Waals surface area contributed by atoms with Crippen LogP contribution in [-0.2, 0) is 4.74 Å². The van der Waals surface area contributed by atoms with Gasteiger partial charge in [-0.15, -0.1) is 0 Å². The summed E-state index contributed by atoms with van der Waals surface area (Å²) in [4.78, 5) is 14.6. The number of esters is 1. The van der Waals surface area contributed by atoms with Gasteiger partial charge in [0.25, 0.3) is 0 Å². The minimum absolute atomic E-state index is 0.160. The van der Waals surface area contributed by atoms with Gasteiger partial charge in [0, 0.05) is 0 Å². The summed E-state index contributed by atoms with van der Waals surface area (Å²) in [6.07, 6.45) is 19.4. The van der Waals surface area contributed by atoms with Crippen molar-refractivity contribution >= 4 is 5.97 Å². The van der Waals surface area contributed by atoms with Crippen molar-refractivity contribution in [2.75, 3.05) is 26.2 Å². The molecule has 0 atom stereocenters. The lowest BCUT2D eigenvalue weighted by atomic mass is 10.1. The van der Waals surface area contributed by atoms with Crippen molar-refractivity contribution in [1.29, 1.82) is 0 Å². The number of nitrogens with zero attached hydrogens (tertiary/aromatic N) is 1. The molecule has 4 nitrogen and oxygen atoms in total. The number of rotatable bonds is 21. The van der Waals surface area contributed by atoms with Gasteiger partial charge in [0.2, 0.25) is 0 Å². The van der Waals surface area contributed by atoms with Crippen LogP contribution in [0.1, 0.15) is 121 Å². The molecule has 0 spiro atoms. The number of unbranched alkanes of at least 4 members (excludes halogenated alkanes) is 12. The molecule has 0 heterocycles. The van der Waals surface area contributed by atoms with Crippen molar-refractivity contribution in [3.63, 3.8) is 0 Å². The Morgan fingerprint density at radius 3 is 1.62 bits per heavy atom. The van der Waals surface area contributed by atoms with Gasteiger partial charge in [-0.25, -0.2) is 4.79 Å². The molecule has 0 aromatic heterocycles. The van der Waals surface area contributed by atoms with Gasteiger partial charge in [0.15, 0.2) is 0 Å². The van der Waals surface area contributed by atoms with Crippen molar-refractivity contribution < 1.29 is 14.6 Å². The summed E-state index contributed by atoms with van der Waals surface area (Å²) in [6, 6.07) is 6.20. The van der Waals surface area contributed by atoms with Crippen molar-refractivity contribution in [2.24, 2.45) is 0 Å². The van der Waals surface area contributed by atoms with E-state index in [-0.39, 0.29) is 11.7 Å². The van der Waals surface area contributed by atoms with Crippen molar-refractivity contribution in [3.8, 4) is 5.75 Å². The molecule has 4 heteroatoms. The first-order valence-corrected chi connectivity index (χ1v) is 13.4. The highest BCUT2D eigenvalue weighted by molar-refractivity contribution is 5.89. The molecule has 0 saturated carbocycles. The zero-order valence-electron chi connectivity index (χ0n) is 21.0. The van der Waals surface area contributed by atoms with Gasteiger partial charge in [0.05, 0.1) is 12.2 Å². The molecule has 1 N–H and O–H groups in total. The Hall–Kier alpha value is -1.55. The summed E-state index contributed by atoms with van der Waals surface area (Å²) in [5, 5.41) is 9.27. The van der Waals surface area contributed by atoms with Gasteiger partial charge in [-0.3, -0.25) is 0 Å². The monoisotopic (exact) mass is 447 g/mol. The Balaban J connectivity index is 2.01. The van der Waals surface area contributed by atoms with Gasteiger partial charge in [0.1, 0.15) is 5.75 Å². The van der Waals surface area contributed by atoms with Gasteiger partial charge >= 0.3 is 5.97 Å². The van der Waals surface area contributed by atoms with Gasteiger partial charge < -0.3 is 14.7 Å². The number of hydrogen-bond acceptors (Lipinski definition) is 4. The Bertz CT molecular complexity index is 546. The van der Waals surface area contributed by atoms with E-state index in [2.05, 4.69) is 18.7 Å². The lowest BCUT2D eigenvalue weighted by Crippen LogP contribution is -2.27.